The molecular weight excluding hydrogens is 282 g/mol. The van der Waals surface area contributed by atoms with Crippen LogP contribution in [0.3, 0.4) is 0 Å². The molecule has 3 nitrogen and oxygen atoms in total. The highest BCUT2D eigenvalue weighted by Gasteiger charge is 2.12. The Kier molecular flexibility index (Phi) is 6.55. The molecule has 0 spiro atoms. The van der Waals surface area contributed by atoms with Crippen LogP contribution in [0.1, 0.15) is 25.5 Å². The summed E-state index contributed by atoms with van der Waals surface area (Å²) in [7, 11) is 1.67. The van der Waals surface area contributed by atoms with E-state index in [1.807, 2.05) is 13.0 Å². The van der Waals surface area contributed by atoms with Gasteiger partial charge in [-0.15, -0.1) is 0 Å². The number of ether oxygens (including phenoxy) is 2. The topological polar surface area (TPSA) is 30.5 Å². The number of benzene rings is 1. The van der Waals surface area contributed by atoms with Gasteiger partial charge in [-0.2, -0.15) is 0 Å². The van der Waals surface area contributed by atoms with Gasteiger partial charge in [-0.1, -0.05) is 13.0 Å². The molecule has 1 rings (SSSR count). The van der Waals surface area contributed by atoms with Crippen molar-refractivity contribution in [3.05, 3.63) is 28.2 Å². The summed E-state index contributed by atoms with van der Waals surface area (Å²) in [6, 6.07) is 6.33. The molecule has 0 aromatic heterocycles. The molecule has 1 unspecified atom stereocenters. The number of rotatable bonds is 7. The number of hydrogen-bond donors (Lipinski definition) is 1. The van der Waals surface area contributed by atoms with Gasteiger partial charge < -0.3 is 14.8 Å². The Balaban J connectivity index is 2.82. The molecule has 96 valence electrons. The van der Waals surface area contributed by atoms with Gasteiger partial charge in [0.2, 0.25) is 0 Å². The summed E-state index contributed by atoms with van der Waals surface area (Å²) >= 11 is 3.50. The lowest BCUT2D eigenvalue weighted by atomic mass is 10.1. The van der Waals surface area contributed by atoms with E-state index in [4.69, 9.17) is 9.47 Å². The van der Waals surface area contributed by atoms with E-state index in [0.717, 1.165) is 23.4 Å². The maximum absolute atomic E-state index is 5.49. The van der Waals surface area contributed by atoms with Crippen molar-refractivity contribution < 1.29 is 9.47 Å². The summed E-state index contributed by atoms with van der Waals surface area (Å²) in [4.78, 5) is 0. The van der Waals surface area contributed by atoms with Crippen molar-refractivity contribution in [3.8, 4) is 5.75 Å². The second-order valence-corrected chi connectivity index (χ2v) is 4.52. The van der Waals surface area contributed by atoms with E-state index in [1.54, 1.807) is 7.11 Å². The Hall–Kier alpha value is -0.580. The van der Waals surface area contributed by atoms with Crippen molar-refractivity contribution in [3.63, 3.8) is 0 Å². The monoisotopic (exact) mass is 301 g/mol. The Labute approximate surface area is 112 Å². The number of methoxy groups -OCH3 is 1. The minimum Gasteiger partial charge on any atom is -0.496 e. The minimum atomic E-state index is 0.224. The summed E-state index contributed by atoms with van der Waals surface area (Å²) in [6.07, 6.45) is 0. The van der Waals surface area contributed by atoms with Crippen molar-refractivity contribution in [2.75, 3.05) is 26.9 Å². The number of halogens is 1. The molecule has 0 aliphatic heterocycles. The second kappa shape index (κ2) is 7.69. The lowest BCUT2D eigenvalue weighted by Gasteiger charge is -2.19. The molecule has 0 amide bonds. The van der Waals surface area contributed by atoms with Crippen LogP contribution in [0.25, 0.3) is 0 Å². The third-order valence-electron chi connectivity index (χ3n) is 2.52. The van der Waals surface area contributed by atoms with Gasteiger partial charge >= 0.3 is 0 Å². The molecule has 1 aromatic rings. The molecule has 0 fully saturated rings. The summed E-state index contributed by atoms with van der Waals surface area (Å²) in [5, 5.41) is 3.41. The van der Waals surface area contributed by atoms with Crippen LogP contribution in [0.4, 0.5) is 0 Å². The first kappa shape index (κ1) is 14.5. The van der Waals surface area contributed by atoms with Gasteiger partial charge in [0.15, 0.2) is 0 Å². The Morgan fingerprint density at radius 2 is 2.12 bits per heavy atom. The maximum atomic E-state index is 5.49. The summed E-state index contributed by atoms with van der Waals surface area (Å²) in [5.74, 6) is 0.848. The first-order chi connectivity index (χ1) is 8.22. The van der Waals surface area contributed by atoms with Crippen LogP contribution >= 0.6 is 15.9 Å². The van der Waals surface area contributed by atoms with Crippen molar-refractivity contribution in [1.29, 1.82) is 0 Å². The second-order valence-electron chi connectivity index (χ2n) is 3.66. The van der Waals surface area contributed by atoms with Crippen LogP contribution in [0.2, 0.25) is 0 Å². The molecule has 0 aliphatic carbocycles. The predicted molar refractivity (Wildman–Crippen MR) is 73.6 cm³/mol. The maximum Gasteiger partial charge on any atom is 0.133 e. The average Bonchev–Trinajstić information content (AvgIpc) is 2.34. The first-order valence-corrected chi connectivity index (χ1v) is 6.66. The van der Waals surface area contributed by atoms with Crippen LogP contribution < -0.4 is 10.1 Å². The average molecular weight is 302 g/mol. The van der Waals surface area contributed by atoms with Gasteiger partial charge in [-0.25, -0.2) is 0 Å². The summed E-state index contributed by atoms with van der Waals surface area (Å²) < 4.78 is 11.7. The fourth-order valence-corrected chi connectivity index (χ4v) is 2.21. The lowest BCUT2D eigenvalue weighted by molar-refractivity contribution is 0.123. The van der Waals surface area contributed by atoms with Crippen LogP contribution in [-0.2, 0) is 4.74 Å². The smallest absolute Gasteiger partial charge is 0.133 e. The molecule has 0 aliphatic rings. The highest BCUT2D eigenvalue weighted by molar-refractivity contribution is 9.10. The Morgan fingerprint density at radius 3 is 2.65 bits per heavy atom. The largest absolute Gasteiger partial charge is 0.496 e. The zero-order valence-electron chi connectivity index (χ0n) is 10.6. The molecule has 1 atom stereocenters. The van der Waals surface area contributed by atoms with E-state index < -0.39 is 0 Å². The molecule has 0 saturated carbocycles. The van der Waals surface area contributed by atoms with Gasteiger partial charge in [0.1, 0.15) is 5.75 Å². The van der Waals surface area contributed by atoms with E-state index >= 15 is 0 Å². The highest BCUT2D eigenvalue weighted by atomic mass is 79.9. The fraction of sp³-hybridized carbons (Fsp3) is 0.538. The van der Waals surface area contributed by atoms with Gasteiger partial charge in [0, 0.05) is 6.61 Å². The van der Waals surface area contributed by atoms with Crippen LogP contribution in [0.5, 0.6) is 5.75 Å². The lowest BCUT2D eigenvalue weighted by Crippen LogP contribution is -2.25. The van der Waals surface area contributed by atoms with Gasteiger partial charge in [0.05, 0.1) is 24.2 Å². The highest BCUT2D eigenvalue weighted by Crippen LogP contribution is 2.28. The quantitative estimate of drug-likeness (QED) is 0.839. The molecule has 0 heterocycles. The normalized spacial score (nSPS) is 12.5. The molecule has 0 bridgehead atoms. The minimum absolute atomic E-state index is 0.224. The van der Waals surface area contributed by atoms with Gasteiger partial charge in [-0.3, -0.25) is 0 Å². The van der Waals surface area contributed by atoms with Crippen LogP contribution in [0.15, 0.2) is 22.7 Å². The SMILES string of the molecule is CCNC(COCC)c1ccc(OC)c(Br)c1. The van der Waals surface area contributed by atoms with Gasteiger partial charge in [0.25, 0.3) is 0 Å². The molecule has 0 radical (unpaired) electrons. The number of likely N-dealkylation sites (N-methyl/N-ethyl adjacent to an activating group) is 1. The Morgan fingerprint density at radius 1 is 1.35 bits per heavy atom. The first-order valence-electron chi connectivity index (χ1n) is 5.87. The Bertz CT molecular complexity index is 344. The van der Waals surface area contributed by atoms with Crippen LogP contribution in [0, 0.1) is 0 Å². The molecule has 17 heavy (non-hydrogen) atoms. The van der Waals surface area contributed by atoms with E-state index in [2.05, 4.69) is 40.3 Å². The fourth-order valence-electron chi connectivity index (χ4n) is 1.65. The predicted octanol–water partition coefficient (Wildman–Crippen LogP) is 3.14. The van der Waals surface area contributed by atoms with Crippen molar-refractivity contribution >= 4 is 15.9 Å². The summed E-state index contributed by atoms with van der Waals surface area (Å²) in [5.41, 5.74) is 1.20. The molecule has 1 N–H and O–H groups in total. The standard InChI is InChI=1S/C13H20BrNO2/c1-4-15-12(9-17-5-2)10-6-7-13(16-3)11(14)8-10/h6-8,12,15H,4-5,9H2,1-3H3. The molecular formula is C13H20BrNO2. The van der Waals surface area contributed by atoms with Gasteiger partial charge in [-0.05, 0) is 47.1 Å². The molecule has 1 aromatic carbocycles. The number of hydrogen-bond acceptors (Lipinski definition) is 3. The molecule has 0 saturated heterocycles. The summed E-state index contributed by atoms with van der Waals surface area (Å²) in [6.45, 7) is 6.44. The van der Waals surface area contributed by atoms with Crippen molar-refractivity contribution in [2.24, 2.45) is 0 Å². The van der Waals surface area contributed by atoms with E-state index in [0.29, 0.717) is 6.61 Å². The van der Waals surface area contributed by atoms with Crippen molar-refractivity contribution in [1.82, 2.24) is 5.32 Å². The van der Waals surface area contributed by atoms with Crippen molar-refractivity contribution in [2.45, 2.75) is 19.9 Å². The number of nitrogens with one attached hydrogen (secondary N) is 1. The van der Waals surface area contributed by atoms with E-state index in [-0.39, 0.29) is 6.04 Å². The molecule has 4 heteroatoms. The van der Waals surface area contributed by atoms with E-state index in [1.165, 1.54) is 5.56 Å². The zero-order valence-corrected chi connectivity index (χ0v) is 12.2. The van der Waals surface area contributed by atoms with E-state index in [9.17, 15) is 0 Å². The third-order valence-corrected chi connectivity index (χ3v) is 3.14. The third kappa shape index (κ3) is 4.30. The zero-order chi connectivity index (χ0) is 12.7. The van der Waals surface area contributed by atoms with Crippen LogP contribution in [-0.4, -0.2) is 26.9 Å².